The lowest BCUT2D eigenvalue weighted by Gasteiger charge is -2.22. The number of hydrogen-bond acceptors (Lipinski definition) is 5. The minimum Gasteiger partial charge on any atom is -0.454 e. The molecule has 1 fully saturated rings. The SMILES string of the molecule is O=C(CN1CCC[C@@H]1c1cccs1)NCc1ccc2c(c1)OCO2. The van der Waals surface area contributed by atoms with E-state index in [1.807, 2.05) is 18.2 Å². The number of benzene rings is 1. The predicted molar refractivity (Wildman–Crippen MR) is 92.3 cm³/mol. The van der Waals surface area contributed by atoms with Crippen molar-refractivity contribution in [1.29, 1.82) is 0 Å². The molecule has 2 aliphatic rings. The average Bonchev–Trinajstić information content (AvgIpc) is 3.32. The maximum Gasteiger partial charge on any atom is 0.234 e. The van der Waals surface area contributed by atoms with Crippen LogP contribution in [0.15, 0.2) is 35.7 Å². The van der Waals surface area contributed by atoms with E-state index in [-0.39, 0.29) is 12.7 Å². The van der Waals surface area contributed by atoms with Crippen LogP contribution in [0.5, 0.6) is 11.5 Å². The van der Waals surface area contributed by atoms with Gasteiger partial charge in [-0.15, -0.1) is 11.3 Å². The highest BCUT2D eigenvalue weighted by molar-refractivity contribution is 7.10. The van der Waals surface area contributed by atoms with Gasteiger partial charge in [-0.25, -0.2) is 0 Å². The van der Waals surface area contributed by atoms with Gasteiger partial charge < -0.3 is 14.8 Å². The van der Waals surface area contributed by atoms with Crippen LogP contribution in [0.2, 0.25) is 0 Å². The van der Waals surface area contributed by atoms with Gasteiger partial charge in [0.25, 0.3) is 0 Å². The molecular weight excluding hydrogens is 324 g/mol. The second kappa shape index (κ2) is 6.83. The van der Waals surface area contributed by atoms with Crippen LogP contribution in [0.1, 0.15) is 29.3 Å². The van der Waals surface area contributed by atoms with E-state index >= 15 is 0 Å². The zero-order valence-corrected chi connectivity index (χ0v) is 14.2. The van der Waals surface area contributed by atoms with Gasteiger partial charge in [-0.2, -0.15) is 0 Å². The van der Waals surface area contributed by atoms with Crippen LogP contribution in [0.25, 0.3) is 0 Å². The molecule has 126 valence electrons. The number of amides is 1. The molecule has 2 aliphatic heterocycles. The van der Waals surface area contributed by atoms with E-state index in [2.05, 4.69) is 27.7 Å². The van der Waals surface area contributed by atoms with E-state index in [9.17, 15) is 4.79 Å². The minimum atomic E-state index is 0.0659. The molecule has 1 amide bonds. The van der Waals surface area contributed by atoms with Crippen molar-refractivity contribution in [3.63, 3.8) is 0 Å². The molecule has 2 aromatic rings. The van der Waals surface area contributed by atoms with Crippen molar-refractivity contribution in [3.05, 3.63) is 46.2 Å². The second-order valence-electron chi connectivity index (χ2n) is 6.11. The number of nitrogens with zero attached hydrogens (tertiary/aromatic N) is 1. The van der Waals surface area contributed by atoms with E-state index in [1.54, 1.807) is 11.3 Å². The molecule has 1 saturated heterocycles. The highest BCUT2D eigenvalue weighted by Gasteiger charge is 2.28. The molecule has 1 atom stereocenters. The number of nitrogens with one attached hydrogen (secondary N) is 1. The molecule has 1 aromatic carbocycles. The van der Waals surface area contributed by atoms with Crippen molar-refractivity contribution in [1.82, 2.24) is 10.2 Å². The third kappa shape index (κ3) is 3.25. The molecule has 0 unspecified atom stereocenters. The molecule has 1 N–H and O–H groups in total. The largest absolute Gasteiger partial charge is 0.454 e. The molecule has 5 nitrogen and oxygen atoms in total. The first-order valence-corrected chi connectivity index (χ1v) is 9.10. The van der Waals surface area contributed by atoms with Gasteiger partial charge in [0.05, 0.1) is 6.54 Å². The molecule has 3 heterocycles. The van der Waals surface area contributed by atoms with Crippen molar-refractivity contribution in [3.8, 4) is 11.5 Å². The first kappa shape index (κ1) is 15.5. The second-order valence-corrected chi connectivity index (χ2v) is 7.09. The van der Waals surface area contributed by atoms with Crippen LogP contribution in [-0.4, -0.2) is 30.7 Å². The van der Waals surface area contributed by atoms with Gasteiger partial charge in [0.15, 0.2) is 11.5 Å². The summed E-state index contributed by atoms with van der Waals surface area (Å²) in [5.74, 6) is 1.58. The zero-order valence-electron chi connectivity index (χ0n) is 13.4. The van der Waals surface area contributed by atoms with Crippen LogP contribution >= 0.6 is 11.3 Å². The molecule has 0 saturated carbocycles. The van der Waals surface area contributed by atoms with Gasteiger partial charge in [-0.05, 0) is 48.5 Å². The van der Waals surface area contributed by atoms with Crippen molar-refractivity contribution in [2.45, 2.75) is 25.4 Å². The lowest BCUT2D eigenvalue weighted by molar-refractivity contribution is -0.122. The summed E-state index contributed by atoms with van der Waals surface area (Å²) in [5, 5.41) is 5.11. The third-order valence-corrected chi connectivity index (χ3v) is 5.48. The molecule has 24 heavy (non-hydrogen) atoms. The molecular formula is C18H20N2O3S. The standard InChI is InChI=1S/C18H20N2O3S/c21-18(11-20-7-1-3-14(20)17-4-2-8-24-17)19-10-13-5-6-15-16(9-13)23-12-22-15/h2,4-6,8-9,14H,1,3,7,10-12H2,(H,19,21)/t14-/m1/s1. The van der Waals surface area contributed by atoms with Gasteiger partial charge in [0.1, 0.15) is 0 Å². The van der Waals surface area contributed by atoms with Crippen molar-refractivity contribution >= 4 is 17.2 Å². The predicted octanol–water partition coefficient (Wildman–Crippen LogP) is 2.93. The number of likely N-dealkylation sites (tertiary alicyclic amines) is 1. The van der Waals surface area contributed by atoms with Crippen LogP contribution in [-0.2, 0) is 11.3 Å². The number of hydrogen-bond donors (Lipinski definition) is 1. The molecule has 0 bridgehead atoms. The minimum absolute atomic E-state index is 0.0659. The number of rotatable bonds is 5. The van der Waals surface area contributed by atoms with E-state index < -0.39 is 0 Å². The van der Waals surface area contributed by atoms with Gasteiger partial charge in [0, 0.05) is 17.5 Å². The molecule has 0 spiro atoms. The number of fused-ring (bicyclic) bond motifs is 1. The molecule has 0 radical (unpaired) electrons. The molecule has 1 aromatic heterocycles. The summed E-state index contributed by atoms with van der Waals surface area (Å²) in [5.41, 5.74) is 1.02. The fraction of sp³-hybridized carbons (Fsp3) is 0.389. The lowest BCUT2D eigenvalue weighted by Crippen LogP contribution is -2.36. The van der Waals surface area contributed by atoms with Gasteiger partial charge in [0.2, 0.25) is 12.7 Å². The fourth-order valence-electron chi connectivity index (χ4n) is 3.31. The topological polar surface area (TPSA) is 50.8 Å². The monoisotopic (exact) mass is 344 g/mol. The molecule has 4 rings (SSSR count). The Kier molecular flexibility index (Phi) is 4.40. The summed E-state index contributed by atoms with van der Waals surface area (Å²) in [6.45, 7) is 2.21. The first-order chi connectivity index (χ1) is 11.8. The van der Waals surface area contributed by atoms with Gasteiger partial charge in [-0.1, -0.05) is 12.1 Å². The van der Waals surface area contributed by atoms with Crippen LogP contribution < -0.4 is 14.8 Å². The average molecular weight is 344 g/mol. The van der Waals surface area contributed by atoms with Crippen molar-refractivity contribution < 1.29 is 14.3 Å². The summed E-state index contributed by atoms with van der Waals surface area (Å²) in [6.07, 6.45) is 2.29. The van der Waals surface area contributed by atoms with Crippen molar-refractivity contribution in [2.24, 2.45) is 0 Å². The van der Waals surface area contributed by atoms with Crippen LogP contribution in [0.4, 0.5) is 0 Å². The fourth-order valence-corrected chi connectivity index (χ4v) is 4.21. The molecule has 6 heteroatoms. The smallest absolute Gasteiger partial charge is 0.234 e. The number of carbonyl (C=O) groups excluding carboxylic acids is 1. The van der Waals surface area contributed by atoms with E-state index in [0.29, 0.717) is 19.1 Å². The van der Waals surface area contributed by atoms with Crippen LogP contribution in [0, 0.1) is 0 Å². The Morgan fingerprint density at radius 3 is 3.08 bits per heavy atom. The lowest BCUT2D eigenvalue weighted by atomic mass is 10.2. The van der Waals surface area contributed by atoms with E-state index in [0.717, 1.165) is 36.4 Å². The summed E-state index contributed by atoms with van der Waals surface area (Å²) in [7, 11) is 0. The Morgan fingerprint density at radius 1 is 1.29 bits per heavy atom. The third-order valence-electron chi connectivity index (χ3n) is 4.51. The summed E-state index contributed by atoms with van der Waals surface area (Å²) in [6, 6.07) is 10.4. The Hall–Kier alpha value is -2.05. The quantitative estimate of drug-likeness (QED) is 0.906. The number of carbonyl (C=O) groups is 1. The highest BCUT2D eigenvalue weighted by atomic mass is 32.1. The Morgan fingerprint density at radius 2 is 2.21 bits per heavy atom. The highest BCUT2D eigenvalue weighted by Crippen LogP contribution is 2.34. The normalized spacial score (nSPS) is 19.6. The van der Waals surface area contributed by atoms with E-state index in [1.165, 1.54) is 4.88 Å². The summed E-state index contributed by atoms with van der Waals surface area (Å²) in [4.78, 5) is 16.0. The Balaban J connectivity index is 1.32. The number of thiophene rings is 1. The Labute approximate surface area is 145 Å². The molecule has 0 aliphatic carbocycles. The van der Waals surface area contributed by atoms with Gasteiger partial charge in [-0.3, -0.25) is 9.69 Å². The van der Waals surface area contributed by atoms with Crippen LogP contribution in [0.3, 0.4) is 0 Å². The zero-order chi connectivity index (χ0) is 16.4. The van der Waals surface area contributed by atoms with E-state index in [4.69, 9.17) is 9.47 Å². The van der Waals surface area contributed by atoms with Crippen molar-refractivity contribution in [2.75, 3.05) is 19.9 Å². The van der Waals surface area contributed by atoms with Gasteiger partial charge >= 0.3 is 0 Å². The summed E-state index contributed by atoms with van der Waals surface area (Å²) >= 11 is 1.77. The first-order valence-electron chi connectivity index (χ1n) is 8.22. The Bertz CT molecular complexity index is 717. The summed E-state index contributed by atoms with van der Waals surface area (Å²) < 4.78 is 10.7. The maximum absolute atomic E-state index is 12.3. The maximum atomic E-state index is 12.3. The number of ether oxygens (including phenoxy) is 2.